The van der Waals surface area contributed by atoms with Gasteiger partial charge in [-0.05, 0) is 30.3 Å². The third kappa shape index (κ3) is 3.82. The summed E-state index contributed by atoms with van der Waals surface area (Å²) in [7, 11) is 1.33. The molecule has 3 nitrogen and oxygen atoms in total. The highest BCUT2D eigenvalue weighted by molar-refractivity contribution is 6.36. The van der Waals surface area contributed by atoms with Crippen LogP contribution in [0.15, 0.2) is 36.4 Å². The smallest absolute Gasteiger partial charge is 0.337 e. The van der Waals surface area contributed by atoms with Gasteiger partial charge in [-0.1, -0.05) is 40.9 Å². The van der Waals surface area contributed by atoms with Crippen molar-refractivity contribution in [3.8, 4) is 0 Å². The fourth-order valence-corrected chi connectivity index (χ4v) is 2.51. The summed E-state index contributed by atoms with van der Waals surface area (Å²) in [6, 6.07) is 10.2. The first-order valence-electron chi connectivity index (χ1n) is 6.07. The highest BCUT2D eigenvalue weighted by atomic mass is 35.5. The Bertz CT molecular complexity index is 654. The molecule has 6 heteroatoms. The van der Waals surface area contributed by atoms with Gasteiger partial charge in [0, 0.05) is 22.2 Å². The maximum absolute atomic E-state index is 11.5. The first-order valence-corrected chi connectivity index (χ1v) is 7.21. The lowest BCUT2D eigenvalue weighted by Crippen LogP contribution is -2.05. The van der Waals surface area contributed by atoms with E-state index in [4.69, 9.17) is 34.8 Å². The standard InChI is InChI=1S/C15H12Cl3NO2/c1-21-15(20)9-5-6-13(18)14(7-9)19-8-10-11(16)3-2-4-12(10)17/h2-7,19H,8H2,1H3. The van der Waals surface area contributed by atoms with Crippen molar-refractivity contribution in [2.45, 2.75) is 6.54 Å². The Morgan fingerprint density at radius 2 is 1.76 bits per heavy atom. The molecule has 0 heterocycles. The van der Waals surface area contributed by atoms with Gasteiger partial charge in [-0.3, -0.25) is 0 Å². The summed E-state index contributed by atoms with van der Waals surface area (Å²) in [5.74, 6) is -0.425. The van der Waals surface area contributed by atoms with Crippen LogP contribution in [0.3, 0.4) is 0 Å². The molecule has 0 aliphatic rings. The van der Waals surface area contributed by atoms with Gasteiger partial charge in [0.05, 0.1) is 23.4 Å². The third-order valence-electron chi connectivity index (χ3n) is 2.90. The fourth-order valence-electron chi connectivity index (χ4n) is 1.79. The summed E-state index contributed by atoms with van der Waals surface area (Å²) in [6.45, 7) is 0.392. The van der Waals surface area contributed by atoms with E-state index in [2.05, 4.69) is 10.1 Å². The van der Waals surface area contributed by atoms with Crippen molar-refractivity contribution in [2.24, 2.45) is 0 Å². The van der Waals surface area contributed by atoms with Gasteiger partial charge >= 0.3 is 5.97 Å². The molecule has 0 radical (unpaired) electrons. The Labute approximate surface area is 137 Å². The lowest BCUT2D eigenvalue weighted by atomic mass is 10.2. The van der Waals surface area contributed by atoms with Crippen LogP contribution in [-0.4, -0.2) is 13.1 Å². The van der Waals surface area contributed by atoms with Gasteiger partial charge in [0.2, 0.25) is 0 Å². The summed E-state index contributed by atoms with van der Waals surface area (Å²) >= 11 is 18.3. The van der Waals surface area contributed by atoms with Crippen LogP contribution in [0, 0.1) is 0 Å². The second-order valence-corrected chi connectivity index (χ2v) is 5.46. The second kappa shape index (κ2) is 7.03. The van der Waals surface area contributed by atoms with E-state index in [0.29, 0.717) is 32.9 Å². The Balaban J connectivity index is 2.22. The number of rotatable bonds is 4. The van der Waals surface area contributed by atoms with Crippen molar-refractivity contribution in [2.75, 3.05) is 12.4 Å². The average Bonchev–Trinajstić information content (AvgIpc) is 2.47. The van der Waals surface area contributed by atoms with Crippen molar-refractivity contribution in [1.29, 1.82) is 0 Å². The number of carbonyl (C=O) groups excluding carboxylic acids is 1. The molecule has 0 saturated heterocycles. The zero-order valence-corrected chi connectivity index (χ0v) is 13.4. The van der Waals surface area contributed by atoms with Crippen molar-refractivity contribution in [1.82, 2.24) is 0 Å². The number of halogens is 3. The molecule has 0 amide bonds. The zero-order chi connectivity index (χ0) is 15.4. The molecule has 2 aromatic rings. The van der Waals surface area contributed by atoms with E-state index in [-0.39, 0.29) is 0 Å². The van der Waals surface area contributed by atoms with Crippen LogP contribution in [0.4, 0.5) is 5.69 Å². The normalized spacial score (nSPS) is 10.3. The summed E-state index contributed by atoms with van der Waals surface area (Å²) in [4.78, 5) is 11.5. The van der Waals surface area contributed by atoms with Crippen molar-refractivity contribution in [3.05, 3.63) is 62.6 Å². The molecule has 0 atom stereocenters. The van der Waals surface area contributed by atoms with Crippen molar-refractivity contribution >= 4 is 46.5 Å². The third-order valence-corrected chi connectivity index (χ3v) is 3.94. The first kappa shape index (κ1) is 16.0. The SMILES string of the molecule is COC(=O)c1ccc(Cl)c(NCc2c(Cl)cccc2Cl)c1. The minimum atomic E-state index is -0.425. The first-order chi connectivity index (χ1) is 10.0. The molecule has 0 aliphatic heterocycles. The predicted octanol–water partition coefficient (Wildman–Crippen LogP) is 5.05. The molecule has 0 saturated carbocycles. The van der Waals surface area contributed by atoms with E-state index in [9.17, 15) is 4.79 Å². The molecule has 0 fully saturated rings. The summed E-state index contributed by atoms with van der Waals surface area (Å²) < 4.78 is 4.68. The Kier molecular flexibility index (Phi) is 5.34. The van der Waals surface area contributed by atoms with Crippen LogP contribution in [0.5, 0.6) is 0 Å². The lowest BCUT2D eigenvalue weighted by molar-refractivity contribution is 0.0601. The molecular formula is C15H12Cl3NO2. The monoisotopic (exact) mass is 343 g/mol. The van der Waals surface area contributed by atoms with Gasteiger partial charge in [-0.2, -0.15) is 0 Å². The summed E-state index contributed by atoms with van der Waals surface area (Å²) in [5, 5.41) is 4.74. The van der Waals surface area contributed by atoms with E-state index in [1.54, 1.807) is 36.4 Å². The number of hydrogen-bond acceptors (Lipinski definition) is 3. The molecule has 0 aromatic heterocycles. The Morgan fingerprint density at radius 1 is 1.10 bits per heavy atom. The van der Waals surface area contributed by atoms with Crippen LogP contribution >= 0.6 is 34.8 Å². The zero-order valence-electron chi connectivity index (χ0n) is 11.1. The second-order valence-electron chi connectivity index (χ2n) is 4.24. The maximum Gasteiger partial charge on any atom is 0.337 e. The van der Waals surface area contributed by atoms with E-state index >= 15 is 0 Å². The minimum Gasteiger partial charge on any atom is -0.465 e. The molecule has 110 valence electrons. The summed E-state index contributed by atoms with van der Waals surface area (Å²) in [5.41, 5.74) is 1.78. The molecule has 2 aromatic carbocycles. The number of methoxy groups -OCH3 is 1. The number of esters is 1. The Morgan fingerprint density at radius 3 is 2.38 bits per heavy atom. The van der Waals surface area contributed by atoms with E-state index in [1.807, 2.05) is 0 Å². The topological polar surface area (TPSA) is 38.3 Å². The molecule has 0 unspecified atom stereocenters. The highest BCUT2D eigenvalue weighted by Crippen LogP contribution is 2.28. The lowest BCUT2D eigenvalue weighted by Gasteiger charge is -2.12. The van der Waals surface area contributed by atoms with Gasteiger partial charge in [0.15, 0.2) is 0 Å². The number of nitrogens with one attached hydrogen (secondary N) is 1. The molecule has 21 heavy (non-hydrogen) atoms. The van der Waals surface area contributed by atoms with Crippen molar-refractivity contribution in [3.63, 3.8) is 0 Å². The van der Waals surface area contributed by atoms with Crippen LogP contribution in [0.25, 0.3) is 0 Å². The van der Waals surface area contributed by atoms with Crippen LogP contribution in [0.2, 0.25) is 15.1 Å². The number of anilines is 1. The molecular weight excluding hydrogens is 333 g/mol. The highest BCUT2D eigenvalue weighted by Gasteiger charge is 2.10. The number of hydrogen-bond donors (Lipinski definition) is 1. The van der Waals surface area contributed by atoms with Crippen LogP contribution < -0.4 is 5.32 Å². The largest absolute Gasteiger partial charge is 0.465 e. The number of carbonyl (C=O) groups is 1. The van der Waals surface area contributed by atoms with E-state index in [1.165, 1.54) is 7.11 Å². The average molecular weight is 345 g/mol. The van der Waals surface area contributed by atoms with Crippen molar-refractivity contribution < 1.29 is 9.53 Å². The molecule has 2 rings (SSSR count). The summed E-state index contributed by atoms with van der Waals surface area (Å²) in [6.07, 6.45) is 0. The number of ether oxygens (including phenoxy) is 1. The number of benzene rings is 2. The van der Waals surface area contributed by atoms with Gasteiger partial charge in [0.1, 0.15) is 0 Å². The fraction of sp³-hybridized carbons (Fsp3) is 0.133. The maximum atomic E-state index is 11.5. The molecule has 0 aliphatic carbocycles. The van der Waals surface area contributed by atoms with Gasteiger partial charge in [-0.25, -0.2) is 4.79 Å². The van der Waals surface area contributed by atoms with Crippen LogP contribution in [-0.2, 0) is 11.3 Å². The van der Waals surface area contributed by atoms with E-state index in [0.717, 1.165) is 5.56 Å². The van der Waals surface area contributed by atoms with Crippen LogP contribution in [0.1, 0.15) is 15.9 Å². The quantitative estimate of drug-likeness (QED) is 0.789. The minimum absolute atomic E-state index is 0.392. The predicted molar refractivity (Wildman–Crippen MR) is 86.6 cm³/mol. The molecule has 0 bridgehead atoms. The van der Waals surface area contributed by atoms with Gasteiger partial charge < -0.3 is 10.1 Å². The molecule has 1 N–H and O–H groups in total. The van der Waals surface area contributed by atoms with E-state index < -0.39 is 5.97 Å². The van der Waals surface area contributed by atoms with Gasteiger partial charge in [-0.15, -0.1) is 0 Å². The van der Waals surface area contributed by atoms with Gasteiger partial charge in [0.25, 0.3) is 0 Å². The molecule has 0 spiro atoms. The Hall–Kier alpha value is -1.42.